The van der Waals surface area contributed by atoms with Gasteiger partial charge >= 0.3 is 0 Å². The largest absolute Gasteiger partial charge is 0.454 e. The zero-order valence-electron chi connectivity index (χ0n) is 19.9. The number of nitrogens with one attached hydrogen (secondary N) is 2. The van der Waals surface area contributed by atoms with Gasteiger partial charge in [0, 0.05) is 25.4 Å². The SMILES string of the molecule is CNC(=O)[C@]12CC1[C@@H](n1cnc3c(NC)nc(-n4cc(-c5cc6ccccc6o5)nn4)nc31)[C@H](O)C2O. The van der Waals surface area contributed by atoms with Crippen LogP contribution >= 0.6 is 0 Å². The molecule has 4 N–H and O–H groups in total. The van der Waals surface area contributed by atoms with Crippen LogP contribution in [0, 0.1) is 11.3 Å². The lowest BCUT2D eigenvalue weighted by atomic mass is 9.98. The third-order valence-electron chi connectivity index (χ3n) is 7.67. The quantitative estimate of drug-likeness (QED) is 0.271. The molecule has 0 aliphatic heterocycles. The molecule has 2 fully saturated rings. The normalized spacial score (nSPS) is 26.5. The minimum absolute atomic E-state index is 0.231. The zero-order valence-corrected chi connectivity index (χ0v) is 19.9. The van der Waals surface area contributed by atoms with E-state index in [0.29, 0.717) is 34.9 Å². The van der Waals surface area contributed by atoms with Crippen molar-refractivity contribution in [3.8, 4) is 17.4 Å². The Hall–Kier alpha value is -4.36. The molecule has 7 rings (SSSR count). The molecule has 1 aromatic carbocycles. The van der Waals surface area contributed by atoms with Gasteiger partial charge in [-0.25, -0.2) is 4.98 Å². The number of hydrogen-bond acceptors (Lipinski definition) is 10. The number of rotatable bonds is 5. The Labute approximate surface area is 209 Å². The molecule has 2 saturated carbocycles. The van der Waals surface area contributed by atoms with Crippen molar-refractivity contribution in [3.63, 3.8) is 0 Å². The van der Waals surface area contributed by atoms with E-state index in [9.17, 15) is 15.0 Å². The van der Waals surface area contributed by atoms with Gasteiger partial charge in [-0.1, -0.05) is 23.4 Å². The lowest BCUT2D eigenvalue weighted by molar-refractivity contribution is -0.132. The Morgan fingerprint density at radius 1 is 1.22 bits per heavy atom. The Balaban J connectivity index is 1.30. The van der Waals surface area contributed by atoms with Crippen LogP contribution in [0.1, 0.15) is 12.5 Å². The van der Waals surface area contributed by atoms with Crippen LogP contribution < -0.4 is 10.6 Å². The molecule has 2 unspecified atom stereocenters. The van der Waals surface area contributed by atoms with Crippen molar-refractivity contribution in [2.75, 3.05) is 19.4 Å². The number of anilines is 1. The van der Waals surface area contributed by atoms with E-state index in [0.717, 1.165) is 11.0 Å². The van der Waals surface area contributed by atoms with Crippen LogP contribution in [0.2, 0.25) is 0 Å². The highest BCUT2D eigenvalue weighted by molar-refractivity contribution is 5.88. The van der Waals surface area contributed by atoms with Crippen LogP contribution in [-0.2, 0) is 4.79 Å². The fourth-order valence-corrected chi connectivity index (χ4v) is 5.77. The van der Waals surface area contributed by atoms with E-state index >= 15 is 0 Å². The van der Waals surface area contributed by atoms with Gasteiger partial charge in [-0.15, -0.1) is 5.10 Å². The van der Waals surface area contributed by atoms with Crippen molar-refractivity contribution in [3.05, 3.63) is 42.9 Å². The highest BCUT2D eigenvalue weighted by Gasteiger charge is 2.75. The molecule has 5 aromatic rings. The molecule has 0 spiro atoms. The fraction of sp³-hybridized carbons (Fsp3) is 0.333. The number of para-hydroxylation sites is 1. The predicted molar refractivity (Wildman–Crippen MR) is 131 cm³/mol. The summed E-state index contributed by atoms with van der Waals surface area (Å²) in [5.74, 6) is 0.728. The first-order chi connectivity index (χ1) is 18.0. The molecule has 2 aliphatic carbocycles. The number of nitrogens with zero attached hydrogens (tertiary/aromatic N) is 7. The van der Waals surface area contributed by atoms with Crippen LogP contribution in [0.15, 0.2) is 47.3 Å². The Kier molecular flexibility index (Phi) is 4.48. The van der Waals surface area contributed by atoms with Crippen LogP contribution in [0.3, 0.4) is 0 Å². The van der Waals surface area contributed by atoms with E-state index in [1.54, 1.807) is 24.1 Å². The third kappa shape index (κ3) is 2.92. The van der Waals surface area contributed by atoms with Crippen molar-refractivity contribution in [2.24, 2.45) is 11.3 Å². The van der Waals surface area contributed by atoms with E-state index in [1.165, 1.54) is 11.7 Å². The summed E-state index contributed by atoms with van der Waals surface area (Å²) >= 11 is 0. The molecular weight excluding hydrogens is 478 g/mol. The molecule has 1 amide bonds. The highest BCUT2D eigenvalue weighted by atomic mass is 16.3. The average Bonchev–Trinajstić information content (AvgIpc) is 3.33. The monoisotopic (exact) mass is 501 g/mol. The van der Waals surface area contributed by atoms with Gasteiger partial charge in [0.1, 0.15) is 17.4 Å². The Morgan fingerprint density at radius 3 is 2.84 bits per heavy atom. The van der Waals surface area contributed by atoms with Gasteiger partial charge in [0.2, 0.25) is 5.91 Å². The minimum Gasteiger partial charge on any atom is -0.454 e. The Morgan fingerprint density at radius 2 is 2.05 bits per heavy atom. The summed E-state index contributed by atoms with van der Waals surface area (Å²) in [6.07, 6.45) is 1.35. The number of fused-ring (bicyclic) bond motifs is 3. The van der Waals surface area contributed by atoms with E-state index in [2.05, 4.69) is 30.9 Å². The number of benzene rings is 1. The van der Waals surface area contributed by atoms with Gasteiger partial charge in [-0.2, -0.15) is 14.6 Å². The number of carbonyl (C=O) groups is 1. The molecule has 37 heavy (non-hydrogen) atoms. The number of aliphatic hydroxyl groups excluding tert-OH is 2. The summed E-state index contributed by atoms with van der Waals surface area (Å²) < 4.78 is 9.06. The number of hydrogen-bond donors (Lipinski definition) is 4. The molecule has 4 aromatic heterocycles. The first-order valence-electron chi connectivity index (χ1n) is 11.9. The van der Waals surface area contributed by atoms with Crippen molar-refractivity contribution in [1.82, 2.24) is 39.8 Å². The number of imidazole rings is 1. The number of aliphatic hydroxyl groups is 2. The first kappa shape index (κ1) is 21.9. The summed E-state index contributed by atoms with van der Waals surface area (Å²) in [6, 6.07) is 8.99. The minimum atomic E-state index is -1.19. The summed E-state index contributed by atoms with van der Waals surface area (Å²) in [6.45, 7) is 0. The van der Waals surface area contributed by atoms with Gasteiger partial charge < -0.3 is 29.8 Å². The van der Waals surface area contributed by atoms with E-state index in [-0.39, 0.29) is 17.8 Å². The Bertz CT molecular complexity index is 1660. The lowest BCUT2D eigenvalue weighted by Gasteiger charge is -2.23. The summed E-state index contributed by atoms with van der Waals surface area (Å²) in [4.78, 5) is 26.3. The molecule has 13 heteroatoms. The highest BCUT2D eigenvalue weighted by Crippen LogP contribution is 2.67. The van der Waals surface area contributed by atoms with Crippen LogP contribution in [0.25, 0.3) is 39.5 Å². The number of aromatic nitrogens is 7. The van der Waals surface area contributed by atoms with E-state index in [1.807, 2.05) is 30.3 Å². The lowest BCUT2D eigenvalue weighted by Crippen LogP contribution is -2.41. The molecule has 13 nitrogen and oxygen atoms in total. The zero-order chi connectivity index (χ0) is 25.5. The molecule has 0 bridgehead atoms. The van der Waals surface area contributed by atoms with Crippen molar-refractivity contribution in [1.29, 1.82) is 0 Å². The first-order valence-corrected chi connectivity index (χ1v) is 11.9. The van der Waals surface area contributed by atoms with Crippen LogP contribution in [0.5, 0.6) is 0 Å². The van der Waals surface area contributed by atoms with Crippen LogP contribution in [-0.4, -0.2) is 76.9 Å². The maximum Gasteiger partial charge on any atom is 0.256 e. The molecule has 5 atom stereocenters. The number of amides is 1. The second kappa shape index (κ2) is 7.57. The maximum absolute atomic E-state index is 12.6. The number of carbonyl (C=O) groups excluding carboxylic acids is 1. The molecular formula is C24H23N9O4. The standard InChI is InChI=1S/C24H23N9O4/c1-25-20-16-21(32(10-27-16)17-12-8-24(12,22(36)26-2)19(35)18(17)34)29-23(28-20)33-9-13(30-31-33)15-7-11-5-3-4-6-14(11)37-15/h3-7,9-10,12,17-19,34-35H,8H2,1-2H3,(H,26,36)(H,25,28,29)/t12?,17-,18+,19?,24-/m1/s1. The smallest absolute Gasteiger partial charge is 0.256 e. The predicted octanol–water partition coefficient (Wildman–Crippen LogP) is 0.891. The van der Waals surface area contributed by atoms with Gasteiger partial charge in [0.05, 0.1) is 30.1 Å². The van der Waals surface area contributed by atoms with Gasteiger partial charge in [-0.05, 0) is 18.6 Å². The molecule has 0 saturated heterocycles. The van der Waals surface area contributed by atoms with Crippen molar-refractivity contribution < 1.29 is 19.4 Å². The van der Waals surface area contributed by atoms with Gasteiger partial charge in [0.15, 0.2) is 22.7 Å². The second-order valence-corrected chi connectivity index (χ2v) is 9.50. The van der Waals surface area contributed by atoms with E-state index < -0.39 is 23.7 Å². The average molecular weight is 502 g/mol. The number of furan rings is 1. The van der Waals surface area contributed by atoms with E-state index in [4.69, 9.17) is 9.40 Å². The molecule has 188 valence electrons. The van der Waals surface area contributed by atoms with Gasteiger partial charge in [0.25, 0.3) is 5.95 Å². The summed E-state index contributed by atoms with van der Waals surface area (Å²) in [5, 5.41) is 36.8. The molecule has 4 heterocycles. The summed E-state index contributed by atoms with van der Waals surface area (Å²) in [7, 11) is 3.25. The topological polar surface area (TPSA) is 169 Å². The fourth-order valence-electron chi connectivity index (χ4n) is 5.77. The van der Waals surface area contributed by atoms with Crippen LogP contribution in [0.4, 0.5) is 5.82 Å². The third-order valence-corrected chi connectivity index (χ3v) is 7.67. The van der Waals surface area contributed by atoms with Crippen molar-refractivity contribution in [2.45, 2.75) is 24.7 Å². The van der Waals surface area contributed by atoms with Crippen molar-refractivity contribution >= 4 is 33.9 Å². The van der Waals surface area contributed by atoms with Gasteiger partial charge in [-0.3, -0.25) is 4.79 Å². The maximum atomic E-state index is 12.6. The molecule has 2 aliphatic rings. The molecule has 0 radical (unpaired) electrons. The summed E-state index contributed by atoms with van der Waals surface area (Å²) in [5.41, 5.74) is 1.18. The second-order valence-electron chi connectivity index (χ2n) is 9.50.